The fourth-order valence-electron chi connectivity index (χ4n) is 2.52. The first-order valence-corrected chi connectivity index (χ1v) is 6.66. The maximum absolute atomic E-state index is 11.6. The minimum atomic E-state index is -0.496. The van der Waals surface area contributed by atoms with E-state index in [0.717, 1.165) is 12.8 Å². The van der Waals surface area contributed by atoms with Gasteiger partial charge in [-0.3, -0.25) is 4.79 Å². The molecular weight excluding hydrogens is 200 g/mol. The van der Waals surface area contributed by atoms with E-state index >= 15 is 0 Å². The van der Waals surface area contributed by atoms with E-state index in [1.165, 1.54) is 38.5 Å². The molecular formula is C13H26N2O. The van der Waals surface area contributed by atoms with Gasteiger partial charge >= 0.3 is 0 Å². The first kappa shape index (κ1) is 13.5. The van der Waals surface area contributed by atoms with E-state index in [1.54, 1.807) is 0 Å². The van der Waals surface area contributed by atoms with Gasteiger partial charge in [0.2, 0.25) is 5.91 Å². The third-order valence-electron chi connectivity index (χ3n) is 3.70. The largest absolute Gasteiger partial charge is 0.368 e. The number of amides is 1. The number of unbranched alkanes of at least 4 members (excludes halogenated alkanes) is 2. The number of rotatable bonds is 7. The van der Waals surface area contributed by atoms with E-state index in [-0.39, 0.29) is 5.91 Å². The highest BCUT2D eigenvalue weighted by Crippen LogP contribution is 2.23. The predicted octanol–water partition coefficient (Wildman–Crippen LogP) is 2.34. The number of primary amides is 1. The Morgan fingerprint density at radius 1 is 1.38 bits per heavy atom. The lowest BCUT2D eigenvalue weighted by atomic mass is 9.92. The first-order chi connectivity index (χ1) is 7.58. The van der Waals surface area contributed by atoms with Gasteiger partial charge in [0.25, 0.3) is 0 Å². The number of nitrogens with one attached hydrogen (secondary N) is 1. The first-order valence-electron chi connectivity index (χ1n) is 6.66. The topological polar surface area (TPSA) is 55.1 Å². The average Bonchev–Trinajstić information content (AvgIpc) is 2.70. The standard InChI is InChI=1S/C13H26N2O/c1-3-4-7-10-13(2,12(14)16)15-11-8-5-6-9-11/h11,15H,3-10H2,1-2H3,(H2,14,16). The van der Waals surface area contributed by atoms with Crippen LogP contribution in [0, 0.1) is 0 Å². The molecule has 0 aliphatic heterocycles. The molecule has 1 aliphatic carbocycles. The van der Waals surface area contributed by atoms with Crippen LogP contribution in [-0.4, -0.2) is 17.5 Å². The van der Waals surface area contributed by atoms with Gasteiger partial charge in [0.1, 0.15) is 0 Å². The number of hydrogen-bond acceptors (Lipinski definition) is 2. The Labute approximate surface area is 99.2 Å². The van der Waals surface area contributed by atoms with Gasteiger partial charge in [0.05, 0.1) is 5.54 Å². The molecule has 0 aromatic heterocycles. The number of carbonyl (C=O) groups excluding carboxylic acids is 1. The summed E-state index contributed by atoms with van der Waals surface area (Å²) >= 11 is 0. The van der Waals surface area contributed by atoms with Gasteiger partial charge in [-0.15, -0.1) is 0 Å². The van der Waals surface area contributed by atoms with Gasteiger partial charge in [-0.25, -0.2) is 0 Å². The van der Waals surface area contributed by atoms with Crippen molar-refractivity contribution in [2.45, 2.75) is 76.8 Å². The summed E-state index contributed by atoms with van der Waals surface area (Å²) in [6, 6.07) is 0.499. The Balaban J connectivity index is 2.46. The summed E-state index contributed by atoms with van der Waals surface area (Å²) in [5, 5.41) is 3.48. The van der Waals surface area contributed by atoms with Crippen LogP contribution in [0.15, 0.2) is 0 Å². The molecule has 1 atom stereocenters. The van der Waals surface area contributed by atoms with Crippen molar-refractivity contribution in [1.82, 2.24) is 5.32 Å². The van der Waals surface area contributed by atoms with Crippen LogP contribution in [0.1, 0.15) is 65.2 Å². The highest BCUT2D eigenvalue weighted by atomic mass is 16.1. The Morgan fingerprint density at radius 2 is 2.00 bits per heavy atom. The molecule has 0 aromatic carbocycles. The summed E-state index contributed by atoms with van der Waals surface area (Å²) in [5.41, 5.74) is 5.03. The normalized spacial score (nSPS) is 20.9. The van der Waals surface area contributed by atoms with E-state index in [0.29, 0.717) is 6.04 Å². The zero-order valence-electron chi connectivity index (χ0n) is 10.7. The zero-order chi connectivity index (χ0) is 12.0. The van der Waals surface area contributed by atoms with Crippen molar-refractivity contribution >= 4 is 5.91 Å². The monoisotopic (exact) mass is 226 g/mol. The lowest BCUT2D eigenvalue weighted by Crippen LogP contribution is -2.56. The lowest BCUT2D eigenvalue weighted by molar-refractivity contribution is -0.124. The number of nitrogens with two attached hydrogens (primary N) is 1. The van der Waals surface area contributed by atoms with E-state index in [1.807, 2.05) is 6.92 Å². The predicted molar refractivity (Wildman–Crippen MR) is 67.1 cm³/mol. The molecule has 1 rings (SSSR count). The Kier molecular flexibility index (Phi) is 5.26. The second kappa shape index (κ2) is 6.24. The van der Waals surface area contributed by atoms with Crippen molar-refractivity contribution in [2.75, 3.05) is 0 Å². The van der Waals surface area contributed by atoms with Crippen LogP contribution in [0.25, 0.3) is 0 Å². The molecule has 3 heteroatoms. The molecule has 1 aliphatic rings. The number of carbonyl (C=O) groups is 1. The van der Waals surface area contributed by atoms with Crippen LogP contribution in [0.4, 0.5) is 0 Å². The highest BCUT2D eigenvalue weighted by molar-refractivity contribution is 5.84. The maximum atomic E-state index is 11.6. The maximum Gasteiger partial charge on any atom is 0.237 e. The quantitative estimate of drug-likeness (QED) is 0.655. The summed E-state index contributed by atoms with van der Waals surface area (Å²) in [5.74, 6) is -0.199. The van der Waals surface area contributed by atoms with Crippen LogP contribution in [0.2, 0.25) is 0 Å². The summed E-state index contributed by atoms with van der Waals surface area (Å²) in [7, 11) is 0. The molecule has 1 unspecified atom stereocenters. The smallest absolute Gasteiger partial charge is 0.237 e. The Hall–Kier alpha value is -0.570. The summed E-state index contributed by atoms with van der Waals surface area (Å²) in [6.07, 6.45) is 9.24. The SMILES string of the molecule is CCCCCC(C)(NC1CCCC1)C(N)=O. The molecule has 0 radical (unpaired) electrons. The van der Waals surface area contributed by atoms with Crippen molar-refractivity contribution < 1.29 is 4.79 Å². The molecule has 16 heavy (non-hydrogen) atoms. The van der Waals surface area contributed by atoms with Crippen LogP contribution >= 0.6 is 0 Å². The Morgan fingerprint density at radius 3 is 2.50 bits per heavy atom. The molecule has 0 heterocycles. The van der Waals surface area contributed by atoms with E-state index in [9.17, 15) is 4.79 Å². The van der Waals surface area contributed by atoms with Crippen molar-refractivity contribution in [3.05, 3.63) is 0 Å². The third-order valence-corrected chi connectivity index (χ3v) is 3.70. The second-order valence-corrected chi connectivity index (χ2v) is 5.28. The average molecular weight is 226 g/mol. The van der Waals surface area contributed by atoms with Crippen molar-refractivity contribution in [1.29, 1.82) is 0 Å². The van der Waals surface area contributed by atoms with E-state index < -0.39 is 5.54 Å². The molecule has 0 aromatic rings. The number of hydrogen-bond donors (Lipinski definition) is 2. The van der Waals surface area contributed by atoms with Gasteiger partial charge < -0.3 is 11.1 Å². The van der Waals surface area contributed by atoms with Crippen molar-refractivity contribution in [3.63, 3.8) is 0 Å². The lowest BCUT2D eigenvalue weighted by Gasteiger charge is -2.31. The van der Waals surface area contributed by atoms with Gasteiger partial charge in [-0.1, -0.05) is 39.0 Å². The van der Waals surface area contributed by atoms with Crippen molar-refractivity contribution in [2.24, 2.45) is 5.73 Å². The van der Waals surface area contributed by atoms with Crippen LogP contribution in [0.3, 0.4) is 0 Å². The molecule has 94 valence electrons. The molecule has 0 saturated heterocycles. The molecule has 1 amide bonds. The van der Waals surface area contributed by atoms with Gasteiger partial charge in [-0.2, -0.15) is 0 Å². The fraction of sp³-hybridized carbons (Fsp3) is 0.923. The summed E-state index contributed by atoms with van der Waals surface area (Å²) < 4.78 is 0. The summed E-state index contributed by atoms with van der Waals surface area (Å²) in [6.45, 7) is 4.13. The molecule has 1 fully saturated rings. The fourth-order valence-corrected chi connectivity index (χ4v) is 2.52. The third kappa shape index (κ3) is 3.78. The van der Waals surface area contributed by atoms with Gasteiger partial charge in [0, 0.05) is 6.04 Å². The van der Waals surface area contributed by atoms with Gasteiger partial charge in [-0.05, 0) is 26.2 Å². The minimum absolute atomic E-state index is 0.199. The van der Waals surface area contributed by atoms with Crippen LogP contribution in [0.5, 0.6) is 0 Å². The van der Waals surface area contributed by atoms with Crippen LogP contribution < -0.4 is 11.1 Å². The van der Waals surface area contributed by atoms with Crippen LogP contribution in [-0.2, 0) is 4.79 Å². The zero-order valence-corrected chi connectivity index (χ0v) is 10.7. The molecule has 3 nitrogen and oxygen atoms in total. The minimum Gasteiger partial charge on any atom is -0.368 e. The van der Waals surface area contributed by atoms with Crippen molar-refractivity contribution in [3.8, 4) is 0 Å². The van der Waals surface area contributed by atoms with Gasteiger partial charge in [0.15, 0.2) is 0 Å². The Bertz CT molecular complexity index is 224. The molecule has 0 spiro atoms. The van der Waals surface area contributed by atoms with E-state index in [2.05, 4.69) is 12.2 Å². The second-order valence-electron chi connectivity index (χ2n) is 5.28. The molecule has 3 N–H and O–H groups in total. The highest BCUT2D eigenvalue weighted by Gasteiger charge is 2.33. The molecule has 1 saturated carbocycles. The van der Waals surface area contributed by atoms with E-state index in [4.69, 9.17) is 5.73 Å². The summed E-state index contributed by atoms with van der Waals surface area (Å²) in [4.78, 5) is 11.6. The molecule has 0 bridgehead atoms.